The minimum Gasteiger partial charge on any atom is -0.502 e. The van der Waals surface area contributed by atoms with Crippen molar-refractivity contribution in [3.8, 4) is 0 Å². The van der Waals surface area contributed by atoms with E-state index in [0.717, 1.165) is 0 Å². The lowest BCUT2D eigenvalue weighted by Gasteiger charge is -1.97. The predicted molar refractivity (Wildman–Crippen MR) is 38.5 cm³/mol. The molecule has 0 aromatic rings. The van der Waals surface area contributed by atoms with Crippen molar-refractivity contribution in [1.29, 1.82) is 0 Å². The highest BCUT2D eigenvalue weighted by Gasteiger charge is 2.35. The molecule has 78 valence electrons. The average molecular weight is 210 g/mol. The van der Waals surface area contributed by atoms with E-state index in [0.29, 0.717) is 12.2 Å². The molecule has 0 rings (SSSR count). The summed E-state index contributed by atoms with van der Waals surface area (Å²) in [5, 5.41) is 16.5. The molecule has 0 bridgehead atoms. The third-order valence-electron chi connectivity index (χ3n) is 1.00. The summed E-state index contributed by atoms with van der Waals surface area (Å²) in [6.45, 7) is 0. The first kappa shape index (κ1) is 12.2. The van der Waals surface area contributed by atoms with Gasteiger partial charge in [0.1, 0.15) is 0 Å². The fourth-order valence-electron chi connectivity index (χ4n) is 0.392. The molecule has 0 saturated carbocycles. The largest absolute Gasteiger partial charge is 0.502 e. The Bertz CT molecular complexity index is 301. The summed E-state index contributed by atoms with van der Waals surface area (Å²) in [6, 6.07) is 0. The molecule has 0 aliphatic heterocycles. The van der Waals surface area contributed by atoms with Crippen LogP contribution in [-0.2, 0) is 9.59 Å². The van der Waals surface area contributed by atoms with Crippen molar-refractivity contribution >= 4 is 11.8 Å². The van der Waals surface area contributed by atoms with Crippen molar-refractivity contribution in [1.82, 2.24) is 0 Å². The van der Waals surface area contributed by atoms with E-state index in [1.54, 1.807) is 0 Å². The molecule has 0 fully saturated rings. The van der Waals surface area contributed by atoms with Gasteiger partial charge in [0.05, 0.1) is 0 Å². The maximum atomic E-state index is 11.5. The van der Waals surface area contributed by atoms with Gasteiger partial charge in [-0.25, -0.2) is 4.79 Å². The number of carboxylic acids is 1. The number of aliphatic hydroxyl groups excluding tert-OH is 1. The van der Waals surface area contributed by atoms with Crippen molar-refractivity contribution in [3.05, 3.63) is 24.0 Å². The zero-order valence-electron chi connectivity index (χ0n) is 6.58. The van der Waals surface area contributed by atoms with Crippen LogP contribution >= 0.6 is 0 Å². The van der Waals surface area contributed by atoms with Crippen molar-refractivity contribution in [2.45, 2.75) is 6.18 Å². The van der Waals surface area contributed by atoms with E-state index in [1.807, 2.05) is 0 Å². The van der Waals surface area contributed by atoms with Crippen LogP contribution < -0.4 is 0 Å². The Labute approximate surface area is 76.0 Å². The molecule has 0 atom stereocenters. The van der Waals surface area contributed by atoms with Crippen molar-refractivity contribution in [2.24, 2.45) is 0 Å². The maximum Gasteiger partial charge on any atom is 0.454 e. The number of carbonyl (C=O) groups excluding carboxylic acids is 1. The number of rotatable bonds is 3. The van der Waals surface area contributed by atoms with Gasteiger partial charge in [-0.05, 0) is 12.2 Å². The lowest BCUT2D eigenvalue weighted by Crippen LogP contribution is -2.19. The van der Waals surface area contributed by atoms with Gasteiger partial charge in [-0.1, -0.05) is 6.08 Å². The monoisotopic (exact) mass is 210 g/mol. The topological polar surface area (TPSA) is 74.6 Å². The summed E-state index contributed by atoms with van der Waals surface area (Å²) < 4.78 is 34.6. The Balaban J connectivity index is 4.42. The van der Waals surface area contributed by atoms with Gasteiger partial charge >= 0.3 is 12.1 Å². The predicted octanol–water partition coefficient (Wildman–Crippen LogP) is 1.20. The van der Waals surface area contributed by atoms with E-state index < -0.39 is 23.7 Å². The lowest BCUT2D eigenvalue weighted by atomic mass is 10.3. The Morgan fingerprint density at radius 2 is 1.64 bits per heavy atom. The molecule has 0 aromatic carbocycles. The molecule has 14 heavy (non-hydrogen) atoms. The van der Waals surface area contributed by atoms with E-state index in [1.165, 1.54) is 0 Å². The summed E-state index contributed by atoms with van der Waals surface area (Å²) in [6.07, 6.45) is -3.92. The van der Waals surface area contributed by atoms with Crippen LogP contribution in [0.4, 0.5) is 13.2 Å². The molecular formula is C7H5F3O4. The van der Waals surface area contributed by atoms with Crippen LogP contribution in [0, 0.1) is 0 Å². The Morgan fingerprint density at radius 3 is 2.00 bits per heavy atom. The molecule has 0 spiro atoms. The number of halogens is 3. The average Bonchev–Trinajstić information content (AvgIpc) is 2.01. The zero-order valence-corrected chi connectivity index (χ0v) is 6.58. The highest BCUT2D eigenvalue weighted by Crippen LogP contribution is 2.16. The quantitative estimate of drug-likeness (QED) is 0.417. The minimum atomic E-state index is -5.00. The summed E-state index contributed by atoms with van der Waals surface area (Å²) in [4.78, 5) is 20.1. The number of alkyl halides is 3. The Hall–Kier alpha value is -1.79. The van der Waals surface area contributed by atoms with E-state index in [9.17, 15) is 22.8 Å². The van der Waals surface area contributed by atoms with Crippen LogP contribution in [0.3, 0.4) is 0 Å². The van der Waals surface area contributed by atoms with Crippen LogP contribution in [0.1, 0.15) is 0 Å². The standard InChI is InChI=1S/C7H5F3O4/c8-7(9,10)5(12)3-1-2-4(11)6(13)14/h1-3,11H,(H,13,14)/b3-1+,4-2-. The van der Waals surface area contributed by atoms with E-state index in [2.05, 4.69) is 0 Å². The minimum absolute atomic E-state index is 0.110. The fraction of sp³-hybridized carbons (Fsp3) is 0.143. The maximum absolute atomic E-state index is 11.5. The lowest BCUT2D eigenvalue weighted by molar-refractivity contribution is -0.165. The number of carboxylic acid groups (broad SMARTS) is 1. The van der Waals surface area contributed by atoms with Crippen molar-refractivity contribution < 1.29 is 33.0 Å². The summed E-state index contributed by atoms with van der Waals surface area (Å²) >= 11 is 0. The smallest absolute Gasteiger partial charge is 0.454 e. The van der Waals surface area contributed by atoms with Gasteiger partial charge in [0.2, 0.25) is 5.76 Å². The van der Waals surface area contributed by atoms with Crippen LogP contribution in [0.15, 0.2) is 24.0 Å². The van der Waals surface area contributed by atoms with Crippen LogP contribution in [-0.4, -0.2) is 28.1 Å². The van der Waals surface area contributed by atoms with Gasteiger partial charge in [-0.2, -0.15) is 13.2 Å². The summed E-state index contributed by atoms with van der Waals surface area (Å²) in [5.74, 6) is -4.99. The molecule has 0 heterocycles. The van der Waals surface area contributed by atoms with Crippen molar-refractivity contribution in [3.63, 3.8) is 0 Å². The van der Waals surface area contributed by atoms with Gasteiger partial charge in [0.15, 0.2) is 0 Å². The summed E-state index contributed by atoms with van der Waals surface area (Å²) in [7, 11) is 0. The van der Waals surface area contributed by atoms with Crippen LogP contribution in [0.25, 0.3) is 0 Å². The second kappa shape index (κ2) is 4.45. The van der Waals surface area contributed by atoms with Gasteiger partial charge in [0, 0.05) is 0 Å². The van der Waals surface area contributed by atoms with Crippen LogP contribution in [0.2, 0.25) is 0 Å². The first-order chi connectivity index (χ1) is 6.25. The van der Waals surface area contributed by atoms with E-state index in [4.69, 9.17) is 10.2 Å². The van der Waals surface area contributed by atoms with E-state index >= 15 is 0 Å². The van der Waals surface area contributed by atoms with Crippen LogP contribution in [0.5, 0.6) is 0 Å². The Morgan fingerprint density at radius 1 is 1.14 bits per heavy atom. The molecular weight excluding hydrogens is 205 g/mol. The Kier molecular flexibility index (Phi) is 3.88. The van der Waals surface area contributed by atoms with E-state index in [-0.39, 0.29) is 6.08 Å². The SMILES string of the molecule is O=C(O)/C(O)=C/C=C/C(=O)C(F)(F)F. The van der Waals surface area contributed by atoms with Crippen molar-refractivity contribution in [2.75, 3.05) is 0 Å². The molecule has 0 unspecified atom stereocenters. The molecule has 7 heteroatoms. The van der Waals surface area contributed by atoms with Gasteiger partial charge in [0.25, 0.3) is 5.78 Å². The first-order valence-corrected chi connectivity index (χ1v) is 3.17. The third kappa shape index (κ3) is 4.29. The molecule has 0 aliphatic rings. The number of hydrogen-bond acceptors (Lipinski definition) is 3. The second-order valence-electron chi connectivity index (χ2n) is 2.08. The number of hydrogen-bond donors (Lipinski definition) is 2. The molecule has 0 radical (unpaired) electrons. The number of aliphatic carboxylic acids is 1. The molecule has 0 aliphatic carbocycles. The molecule has 0 saturated heterocycles. The highest BCUT2D eigenvalue weighted by atomic mass is 19.4. The second-order valence-corrected chi connectivity index (χ2v) is 2.08. The molecule has 4 nitrogen and oxygen atoms in total. The summed E-state index contributed by atoms with van der Waals surface area (Å²) in [5.41, 5.74) is 0. The highest BCUT2D eigenvalue weighted by molar-refractivity contribution is 5.94. The number of aliphatic hydroxyl groups is 1. The van der Waals surface area contributed by atoms with Gasteiger partial charge in [-0.3, -0.25) is 4.79 Å². The van der Waals surface area contributed by atoms with Gasteiger partial charge < -0.3 is 10.2 Å². The number of allylic oxidation sites excluding steroid dienone is 3. The third-order valence-corrected chi connectivity index (χ3v) is 1.00. The normalized spacial score (nSPS) is 13.2. The zero-order chi connectivity index (χ0) is 11.4. The van der Waals surface area contributed by atoms with Gasteiger partial charge in [-0.15, -0.1) is 0 Å². The first-order valence-electron chi connectivity index (χ1n) is 3.17. The fourth-order valence-corrected chi connectivity index (χ4v) is 0.392. The molecule has 0 aromatic heterocycles. The molecule has 2 N–H and O–H groups in total. The molecule has 0 amide bonds. The number of ketones is 1. The number of carbonyl (C=O) groups is 2.